The van der Waals surface area contributed by atoms with E-state index in [4.69, 9.17) is 21.1 Å². The van der Waals surface area contributed by atoms with Gasteiger partial charge in [-0.25, -0.2) is 4.39 Å². The lowest BCUT2D eigenvalue weighted by Crippen LogP contribution is -2.70. The number of aliphatic hydroxyl groups is 1. The standard InChI is InChI=1S/C28H44ClFN2O5/c29-22-8-7-21(14-23(22)30)37-17-26(35)32-28-11-9-27(10-12-28,15-24(28)33)31-25(34)16-36-20-6-5-18-3-1-2-4-19(18)13-20/h18-24,33H,1-17H2,(H,31,34)(H,32,35)/t18?,19?,20?,21?,22?,23?,24-,27?,28?/m0/s1. The Morgan fingerprint density at radius 1 is 0.838 bits per heavy atom. The molecule has 37 heavy (non-hydrogen) atoms. The predicted molar refractivity (Wildman–Crippen MR) is 138 cm³/mol. The van der Waals surface area contributed by atoms with Crippen molar-refractivity contribution in [3.05, 3.63) is 0 Å². The van der Waals surface area contributed by atoms with E-state index < -0.39 is 28.7 Å². The van der Waals surface area contributed by atoms with Gasteiger partial charge in [0.05, 0.1) is 29.2 Å². The summed E-state index contributed by atoms with van der Waals surface area (Å²) in [4.78, 5) is 25.5. The maximum Gasteiger partial charge on any atom is 0.246 e. The van der Waals surface area contributed by atoms with Crippen LogP contribution in [-0.2, 0) is 19.1 Å². The minimum absolute atomic E-state index is 0.0739. The van der Waals surface area contributed by atoms with Crippen molar-refractivity contribution in [3.63, 3.8) is 0 Å². The minimum Gasteiger partial charge on any atom is -0.391 e. The third-order valence-electron chi connectivity index (χ3n) is 10.2. The Kier molecular flexibility index (Phi) is 8.69. The summed E-state index contributed by atoms with van der Waals surface area (Å²) in [6.45, 7) is -0.0781. The second-order valence-corrected chi connectivity index (χ2v) is 13.1. The van der Waals surface area contributed by atoms with Crippen LogP contribution in [0.5, 0.6) is 0 Å². The SMILES string of the molecule is O=C(COC1CCC2CCCCC2C1)NC12CCC(NC(=O)COC3CCC(Cl)C(F)C3)(CC1)[C@@H](O)C2. The van der Waals surface area contributed by atoms with Crippen LogP contribution >= 0.6 is 11.6 Å². The lowest BCUT2D eigenvalue weighted by atomic mass is 9.60. The van der Waals surface area contributed by atoms with Crippen molar-refractivity contribution in [2.45, 2.75) is 137 Å². The molecule has 0 aromatic rings. The summed E-state index contributed by atoms with van der Waals surface area (Å²) in [5.41, 5.74) is -1.14. The number of hydrogen-bond acceptors (Lipinski definition) is 5. The molecular weight excluding hydrogens is 499 g/mol. The predicted octanol–water partition coefficient (Wildman–Crippen LogP) is 3.93. The molecular formula is C28H44ClFN2O5. The first-order valence-corrected chi connectivity index (χ1v) is 15.0. The molecule has 0 saturated heterocycles. The Bertz CT molecular complexity index is 822. The van der Waals surface area contributed by atoms with Crippen LogP contribution in [-0.4, -0.2) is 71.1 Å². The number of ether oxygens (including phenoxy) is 2. The fraction of sp³-hybridized carbons (Fsp3) is 0.929. The molecule has 6 rings (SSSR count). The van der Waals surface area contributed by atoms with E-state index in [1.54, 1.807) is 0 Å². The summed E-state index contributed by atoms with van der Waals surface area (Å²) in [6.07, 6.45) is 11.1. The van der Waals surface area contributed by atoms with E-state index >= 15 is 0 Å². The van der Waals surface area contributed by atoms with Crippen LogP contribution in [0.15, 0.2) is 0 Å². The number of nitrogens with one attached hydrogen (secondary N) is 2. The number of aliphatic hydroxyl groups excluding tert-OH is 1. The summed E-state index contributed by atoms with van der Waals surface area (Å²) in [7, 11) is 0. The largest absolute Gasteiger partial charge is 0.391 e. The van der Waals surface area contributed by atoms with Crippen molar-refractivity contribution in [3.8, 4) is 0 Å². The van der Waals surface area contributed by atoms with Crippen molar-refractivity contribution in [1.82, 2.24) is 10.6 Å². The first-order valence-electron chi connectivity index (χ1n) is 14.6. The van der Waals surface area contributed by atoms with Gasteiger partial charge in [-0.05, 0) is 76.0 Å². The monoisotopic (exact) mass is 542 g/mol. The Balaban J connectivity index is 1.04. The van der Waals surface area contributed by atoms with Gasteiger partial charge in [-0.1, -0.05) is 25.7 Å². The van der Waals surface area contributed by atoms with Gasteiger partial charge in [0, 0.05) is 12.0 Å². The van der Waals surface area contributed by atoms with Crippen LogP contribution in [0.2, 0.25) is 0 Å². The van der Waals surface area contributed by atoms with E-state index in [0.29, 0.717) is 44.9 Å². The van der Waals surface area contributed by atoms with Gasteiger partial charge in [0.15, 0.2) is 0 Å². The van der Waals surface area contributed by atoms with Gasteiger partial charge in [0.1, 0.15) is 19.4 Å². The first-order chi connectivity index (χ1) is 17.8. The molecule has 0 heterocycles. The molecule has 7 atom stereocenters. The molecule has 0 radical (unpaired) electrons. The molecule has 210 valence electrons. The van der Waals surface area contributed by atoms with Gasteiger partial charge in [-0.3, -0.25) is 9.59 Å². The van der Waals surface area contributed by atoms with E-state index in [1.165, 1.54) is 32.1 Å². The Morgan fingerprint density at radius 2 is 1.46 bits per heavy atom. The summed E-state index contributed by atoms with van der Waals surface area (Å²) in [5, 5.41) is 16.7. The fourth-order valence-corrected chi connectivity index (χ4v) is 8.10. The van der Waals surface area contributed by atoms with Crippen LogP contribution in [0.25, 0.3) is 0 Å². The summed E-state index contributed by atoms with van der Waals surface area (Å²) >= 11 is 5.93. The lowest BCUT2D eigenvalue weighted by Gasteiger charge is -2.56. The van der Waals surface area contributed by atoms with E-state index in [0.717, 1.165) is 24.7 Å². The van der Waals surface area contributed by atoms with Crippen LogP contribution in [0.4, 0.5) is 4.39 Å². The van der Waals surface area contributed by atoms with Gasteiger partial charge >= 0.3 is 0 Å². The van der Waals surface area contributed by atoms with Crippen LogP contribution < -0.4 is 10.6 Å². The molecule has 6 aliphatic carbocycles. The zero-order valence-corrected chi connectivity index (χ0v) is 22.7. The minimum atomic E-state index is -1.11. The van der Waals surface area contributed by atoms with Crippen LogP contribution in [0.3, 0.4) is 0 Å². The van der Waals surface area contributed by atoms with E-state index in [2.05, 4.69) is 10.6 Å². The van der Waals surface area contributed by atoms with E-state index in [9.17, 15) is 19.1 Å². The Morgan fingerprint density at radius 3 is 2.14 bits per heavy atom. The number of amides is 2. The van der Waals surface area contributed by atoms with Crippen molar-refractivity contribution in [2.24, 2.45) is 11.8 Å². The molecule has 6 unspecified atom stereocenters. The highest BCUT2D eigenvalue weighted by Gasteiger charge is 2.55. The van der Waals surface area contributed by atoms with Crippen molar-refractivity contribution in [2.75, 3.05) is 13.2 Å². The van der Waals surface area contributed by atoms with Crippen LogP contribution in [0.1, 0.15) is 96.3 Å². The summed E-state index contributed by atoms with van der Waals surface area (Å²) in [5.74, 6) is 1.22. The molecule has 2 amide bonds. The second kappa shape index (κ2) is 11.6. The molecule has 6 aliphatic rings. The molecule has 0 aromatic heterocycles. The zero-order valence-electron chi connectivity index (χ0n) is 21.9. The smallest absolute Gasteiger partial charge is 0.246 e. The fourth-order valence-electron chi connectivity index (χ4n) is 7.87. The maximum absolute atomic E-state index is 13.8. The number of halogens is 2. The molecule has 0 spiro atoms. The molecule has 6 fully saturated rings. The number of rotatable bonds is 8. The second-order valence-electron chi connectivity index (χ2n) is 12.6. The normalized spacial score (nSPS) is 43.6. The quantitative estimate of drug-likeness (QED) is 0.404. The molecule has 9 heteroatoms. The molecule has 2 bridgehead atoms. The van der Waals surface area contributed by atoms with E-state index in [1.807, 2.05) is 0 Å². The first kappa shape index (κ1) is 27.6. The van der Waals surface area contributed by atoms with Crippen molar-refractivity contribution >= 4 is 23.4 Å². The van der Waals surface area contributed by atoms with Crippen molar-refractivity contribution in [1.29, 1.82) is 0 Å². The number of hydrogen-bond donors (Lipinski definition) is 3. The third kappa shape index (κ3) is 6.44. The van der Waals surface area contributed by atoms with Gasteiger partial charge in [-0.15, -0.1) is 11.6 Å². The maximum atomic E-state index is 13.8. The summed E-state index contributed by atoms with van der Waals surface area (Å²) in [6, 6.07) is 0. The number of carbonyl (C=O) groups excluding carboxylic acids is 2. The van der Waals surface area contributed by atoms with Gasteiger partial charge in [0.25, 0.3) is 0 Å². The van der Waals surface area contributed by atoms with Gasteiger partial charge < -0.3 is 25.2 Å². The highest BCUT2D eigenvalue weighted by atomic mass is 35.5. The van der Waals surface area contributed by atoms with E-state index in [-0.39, 0.29) is 43.7 Å². The van der Waals surface area contributed by atoms with Crippen molar-refractivity contribution < 1.29 is 28.6 Å². The zero-order chi connectivity index (χ0) is 26.0. The highest BCUT2D eigenvalue weighted by molar-refractivity contribution is 6.21. The van der Waals surface area contributed by atoms with Gasteiger partial charge in [-0.2, -0.15) is 0 Å². The number of carbonyl (C=O) groups is 2. The number of fused-ring (bicyclic) bond motifs is 4. The molecule has 3 N–H and O–H groups in total. The molecule has 0 aliphatic heterocycles. The van der Waals surface area contributed by atoms with Crippen LogP contribution in [0, 0.1) is 11.8 Å². The van der Waals surface area contributed by atoms with Gasteiger partial charge in [0.2, 0.25) is 11.8 Å². The average Bonchev–Trinajstić information content (AvgIpc) is 2.89. The average molecular weight is 543 g/mol. The molecule has 0 aromatic carbocycles. The Labute approximate surface area is 224 Å². The third-order valence-corrected chi connectivity index (χ3v) is 10.6. The lowest BCUT2D eigenvalue weighted by molar-refractivity contribution is -0.142. The highest BCUT2D eigenvalue weighted by Crippen LogP contribution is 2.47. The molecule has 6 saturated carbocycles. The topological polar surface area (TPSA) is 96.9 Å². The summed E-state index contributed by atoms with van der Waals surface area (Å²) < 4.78 is 25.6. The Hall–Kier alpha value is -0.960. The molecule has 7 nitrogen and oxygen atoms in total. The number of alkyl halides is 2.